The fourth-order valence-corrected chi connectivity index (χ4v) is 1.24. The smallest absolute Gasteiger partial charge is 0.245 e. The van der Waals surface area contributed by atoms with Crippen molar-refractivity contribution in [1.82, 2.24) is 0 Å². The van der Waals surface area contributed by atoms with Gasteiger partial charge in [0.2, 0.25) is 5.24 Å². The van der Waals surface area contributed by atoms with E-state index in [9.17, 15) is 4.79 Å². The number of hydrogen-bond donors (Lipinski definition) is 0. The number of allylic oxidation sites excluding steroid dienone is 4. The molecule has 0 spiro atoms. The normalized spacial score (nSPS) is 11.6. The lowest BCUT2D eigenvalue weighted by molar-refractivity contribution is -0.107. The molecule has 1 nitrogen and oxygen atoms in total. The number of hydrogen-bond acceptors (Lipinski definition) is 1. The molecule has 0 aliphatic carbocycles. The summed E-state index contributed by atoms with van der Waals surface area (Å²) < 4.78 is 0. The van der Waals surface area contributed by atoms with E-state index in [2.05, 4.69) is 13.0 Å². The van der Waals surface area contributed by atoms with Gasteiger partial charge in [-0.25, -0.2) is 0 Å². The van der Waals surface area contributed by atoms with Crippen LogP contribution in [0.15, 0.2) is 24.3 Å². The lowest BCUT2D eigenvalue weighted by Gasteiger charge is -1.95. The summed E-state index contributed by atoms with van der Waals surface area (Å²) in [5.41, 5.74) is 0. The van der Waals surface area contributed by atoms with Gasteiger partial charge in [-0.1, -0.05) is 50.8 Å². The number of carbonyl (C=O) groups excluding carboxylic acids is 1. The van der Waals surface area contributed by atoms with Crippen LogP contribution in [0.4, 0.5) is 0 Å². The van der Waals surface area contributed by atoms with Crippen LogP contribution in [0.5, 0.6) is 0 Å². The molecular weight excluding hydrogens is 196 g/mol. The van der Waals surface area contributed by atoms with Crippen molar-refractivity contribution in [1.29, 1.82) is 0 Å². The van der Waals surface area contributed by atoms with E-state index >= 15 is 0 Å². The SMILES string of the molecule is CCCCCCCC=C/C=C/C(=O)Cl. The molecular formula is C12H19ClO. The number of unbranched alkanes of at least 4 members (excludes halogenated alkanes) is 5. The van der Waals surface area contributed by atoms with Gasteiger partial charge in [0.15, 0.2) is 0 Å². The molecule has 0 heterocycles. The first-order valence-electron chi connectivity index (χ1n) is 5.30. The molecule has 14 heavy (non-hydrogen) atoms. The molecule has 0 radical (unpaired) electrons. The Labute approximate surface area is 91.8 Å². The molecule has 0 aliphatic heterocycles. The summed E-state index contributed by atoms with van der Waals surface area (Å²) >= 11 is 5.12. The molecule has 0 unspecified atom stereocenters. The van der Waals surface area contributed by atoms with E-state index < -0.39 is 5.24 Å². The van der Waals surface area contributed by atoms with Crippen molar-refractivity contribution in [2.75, 3.05) is 0 Å². The van der Waals surface area contributed by atoms with E-state index in [1.165, 1.54) is 38.2 Å². The van der Waals surface area contributed by atoms with Crippen LogP contribution < -0.4 is 0 Å². The van der Waals surface area contributed by atoms with Crippen LogP contribution >= 0.6 is 11.6 Å². The summed E-state index contributed by atoms with van der Waals surface area (Å²) in [6.45, 7) is 2.22. The standard InChI is InChI=1S/C12H19ClO/c1-2-3-4-5-6-7-8-9-10-11-12(13)14/h8-11H,2-7H2,1H3/b9-8?,11-10+. The molecule has 0 aromatic carbocycles. The lowest BCUT2D eigenvalue weighted by Crippen LogP contribution is -1.76. The van der Waals surface area contributed by atoms with Crippen molar-refractivity contribution in [3.63, 3.8) is 0 Å². The topological polar surface area (TPSA) is 17.1 Å². The summed E-state index contributed by atoms with van der Waals surface area (Å²) in [5.74, 6) is 0. The minimum atomic E-state index is -0.419. The Kier molecular flexibility index (Phi) is 10.1. The zero-order valence-corrected chi connectivity index (χ0v) is 9.59. The van der Waals surface area contributed by atoms with Crippen LogP contribution in [0.1, 0.15) is 45.4 Å². The first-order valence-corrected chi connectivity index (χ1v) is 5.68. The van der Waals surface area contributed by atoms with Crippen LogP contribution in [0, 0.1) is 0 Å². The fourth-order valence-electron chi connectivity index (χ4n) is 1.17. The minimum Gasteiger partial charge on any atom is -0.276 e. The predicted molar refractivity (Wildman–Crippen MR) is 62.5 cm³/mol. The zero-order valence-electron chi connectivity index (χ0n) is 8.84. The average molecular weight is 215 g/mol. The monoisotopic (exact) mass is 214 g/mol. The van der Waals surface area contributed by atoms with Gasteiger partial charge in [-0.05, 0) is 30.5 Å². The second kappa shape index (κ2) is 10.5. The summed E-state index contributed by atoms with van der Waals surface area (Å²) in [7, 11) is 0. The largest absolute Gasteiger partial charge is 0.276 e. The van der Waals surface area contributed by atoms with Crippen molar-refractivity contribution >= 4 is 16.8 Å². The molecule has 0 saturated carbocycles. The molecule has 0 aromatic rings. The van der Waals surface area contributed by atoms with Crippen molar-refractivity contribution < 1.29 is 4.79 Å². The highest BCUT2D eigenvalue weighted by Gasteiger charge is 1.86. The predicted octanol–water partition coefficient (Wildman–Crippen LogP) is 4.22. The Morgan fingerprint density at radius 3 is 2.50 bits per heavy atom. The molecule has 0 amide bonds. The molecule has 0 aromatic heterocycles. The second-order valence-electron chi connectivity index (χ2n) is 3.29. The van der Waals surface area contributed by atoms with E-state index in [-0.39, 0.29) is 0 Å². The van der Waals surface area contributed by atoms with Gasteiger partial charge in [0.05, 0.1) is 0 Å². The van der Waals surface area contributed by atoms with Crippen molar-refractivity contribution in [2.45, 2.75) is 45.4 Å². The fraction of sp³-hybridized carbons (Fsp3) is 0.583. The quantitative estimate of drug-likeness (QED) is 0.256. The van der Waals surface area contributed by atoms with Crippen molar-refractivity contribution in [3.05, 3.63) is 24.3 Å². The Hall–Kier alpha value is -0.560. The van der Waals surface area contributed by atoms with E-state index in [1.54, 1.807) is 6.08 Å². The molecule has 0 rings (SSSR count). The van der Waals surface area contributed by atoms with E-state index in [0.717, 1.165) is 6.42 Å². The highest BCUT2D eigenvalue weighted by atomic mass is 35.5. The van der Waals surface area contributed by atoms with Crippen LogP contribution in [-0.2, 0) is 4.79 Å². The van der Waals surface area contributed by atoms with E-state index in [0.29, 0.717) is 0 Å². The molecule has 0 bridgehead atoms. The number of rotatable bonds is 8. The van der Waals surface area contributed by atoms with E-state index in [1.807, 2.05) is 6.08 Å². The summed E-state index contributed by atoms with van der Waals surface area (Å²) in [6, 6.07) is 0. The first kappa shape index (κ1) is 13.4. The van der Waals surface area contributed by atoms with Crippen LogP contribution in [0.2, 0.25) is 0 Å². The maximum atomic E-state index is 10.3. The third kappa shape index (κ3) is 11.4. The molecule has 0 aliphatic rings. The van der Waals surface area contributed by atoms with Gasteiger partial charge in [0, 0.05) is 0 Å². The third-order valence-electron chi connectivity index (χ3n) is 1.95. The average Bonchev–Trinajstić information content (AvgIpc) is 2.15. The van der Waals surface area contributed by atoms with Gasteiger partial charge < -0.3 is 0 Å². The Balaban J connectivity index is 3.23. The summed E-state index contributed by atoms with van der Waals surface area (Å²) in [4.78, 5) is 10.3. The van der Waals surface area contributed by atoms with Gasteiger partial charge in [-0.15, -0.1) is 0 Å². The maximum Gasteiger partial charge on any atom is 0.245 e. The molecule has 0 fully saturated rings. The summed E-state index contributed by atoms with van der Waals surface area (Å²) in [5, 5.41) is -0.419. The molecule has 0 saturated heterocycles. The zero-order chi connectivity index (χ0) is 10.6. The Morgan fingerprint density at radius 2 is 1.86 bits per heavy atom. The maximum absolute atomic E-state index is 10.3. The lowest BCUT2D eigenvalue weighted by atomic mass is 10.1. The molecule has 80 valence electrons. The molecule has 0 atom stereocenters. The Bertz CT molecular complexity index is 194. The van der Waals surface area contributed by atoms with Crippen molar-refractivity contribution in [2.24, 2.45) is 0 Å². The van der Waals surface area contributed by atoms with Crippen molar-refractivity contribution in [3.8, 4) is 0 Å². The summed E-state index contributed by atoms with van der Waals surface area (Å²) in [6.07, 6.45) is 14.6. The van der Waals surface area contributed by atoms with Gasteiger partial charge in [0.25, 0.3) is 0 Å². The van der Waals surface area contributed by atoms with Gasteiger partial charge in [0.1, 0.15) is 0 Å². The van der Waals surface area contributed by atoms with Gasteiger partial charge in [-0.2, -0.15) is 0 Å². The second-order valence-corrected chi connectivity index (χ2v) is 3.67. The molecule has 0 N–H and O–H groups in total. The third-order valence-corrected chi connectivity index (χ3v) is 2.07. The molecule has 2 heteroatoms. The number of halogens is 1. The van der Waals surface area contributed by atoms with Crippen LogP contribution in [0.3, 0.4) is 0 Å². The van der Waals surface area contributed by atoms with Crippen LogP contribution in [0.25, 0.3) is 0 Å². The highest BCUT2D eigenvalue weighted by Crippen LogP contribution is 2.05. The van der Waals surface area contributed by atoms with Crippen LogP contribution in [-0.4, -0.2) is 5.24 Å². The van der Waals surface area contributed by atoms with E-state index in [4.69, 9.17) is 11.6 Å². The minimum absolute atomic E-state index is 0.419. The number of carbonyl (C=O) groups is 1. The Morgan fingerprint density at radius 1 is 1.14 bits per heavy atom. The van der Waals surface area contributed by atoms with Gasteiger partial charge in [-0.3, -0.25) is 4.79 Å². The van der Waals surface area contributed by atoms with Gasteiger partial charge >= 0.3 is 0 Å². The first-order chi connectivity index (χ1) is 6.77. The highest BCUT2D eigenvalue weighted by molar-refractivity contribution is 6.66.